The summed E-state index contributed by atoms with van der Waals surface area (Å²) in [5.74, 6) is -1.48. The Kier molecular flexibility index (Phi) is 2.38. The van der Waals surface area contributed by atoms with E-state index in [9.17, 15) is 8.78 Å². The zero-order valence-corrected chi connectivity index (χ0v) is 7.16. The maximum absolute atomic E-state index is 12.9. The minimum atomic E-state index is -0.774. The predicted octanol–water partition coefficient (Wildman–Crippen LogP) is 1.85. The molecule has 1 aromatic heterocycles. The van der Waals surface area contributed by atoms with Gasteiger partial charge in [0.1, 0.15) is 5.52 Å². The zero-order chi connectivity index (χ0) is 8.72. The van der Waals surface area contributed by atoms with Gasteiger partial charge >= 0.3 is 0 Å². The average Bonchev–Trinajstić information content (AvgIpc) is 2.48. The number of imidazole rings is 1. The van der Waals surface area contributed by atoms with Crippen molar-refractivity contribution >= 4 is 29.1 Å². The topological polar surface area (TPSA) is 54.7 Å². The second-order valence-electron chi connectivity index (χ2n) is 2.38. The van der Waals surface area contributed by atoms with Crippen molar-refractivity contribution in [2.75, 3.05) is 5.73 Å². The summed E-state index contributed by atoms with van der Waals surface area (Å²) in [6.45, 7) is 0. The summed E-state index contributed by atoms with van der Waals surface area (Å²) in [5, 5.41) is 0. The largest absolute Gasteiger partial charge is 0.395 e. The molecule has 0 spiro atoms. The van der Waals surface area contributed by atoms with Crippen LogP contribution in [0.2, 0.25) is 0 Å². The molecular formula is C7H6ClF2N3. The fourth-order valence-corrected chi connectivity index (χ4v) is 1.06. The SMILES string of the molecule is Cl.Nc1c(F)cc(F)c2nc[nH]c12. The van der Waals surface area contributed by atoms with Crippen LogP contribution in [0.3, 0.4) is 0 Å². The van der Waals surface area contributed by atoms with Crippen molar-refractivity contribution in [2.24, 2.45) is 0 Å². The van der Waals surface area contributed by atoms with Gasteiger partial charge in [0.05, 0.1) is 17.5 Å². The van der Waals surface area contributed by atoms with Gasteiger partial charge in [0.25, 0.3) is 0 Å². The van der Waals surface area contributed by atoms with Crippen LogP contribution in [-0.4, -0.2) is 9.97 Å². The van der Waals surface area contributed by atoms with Crippen LogP contribution in [0.5, 0.6) is 0 Å². The Labute approximate surface area is 78.4 Å². The van der Waals surface area contributed by atoms with Crippen molar-refractivity contribution in [3.8, 4) is 0 Å². The van der Waals surface area contributed by atoms with Gasteiger partial charge in [-0.1, -0.05) is 0 Å². The summed E-state index contributed by atoms with van der Waals surface area (Å²) in [7, 11) is 0. The summed E-state index contributed by atoms with van der Waals surface area (Å²) in [4.78, 5) is 6.20. The maximum Gasteiger partial charge on any atom is 0.154 e. The molecule has 0 fully saturated rings. The number of nitrogens with zero attached hydrogens (tertiary/aromatic N) is 1. The lowest BCUT2D eigenvalue weighted by Gasteiger charge is -1.97. The summed E-state index contributed by atoms with van der Waals surface area (Å²) in [5.41, 5.74) is 5.48. The van der Waals surface area contributed by atoms with E-state index in [1.54, 1.807) is 0 Å². The Morgan fingerprint density at radius 3 is 2.69 bits per heavy atom. The van der Waals surface area contributed by atoms with E-state index >= 15 is 0 Å². The molecule has 0 atom stereocenters. The van der Waals surface area contributed by atoms with Crippen molar-refractivity contribution in [2.45, 2.75) is 0 Å². The number of H-pyrrole nitrogens is 1. The van der Waals surface area contributed by atoms with Gasteiger partial charge in [-0.25, -0.2) is 13.8 Å². The molecule has 1 aromatic carbocycles. The number of benzene rings is 1. The molecule has 3 N–H and O–H groups in total. The van der Waals surface area contributed by atoms with Crippen molar-refractivity contribution in [3.63, 3.8) is 0 Å². The molecule has 0 aliphatic heterocycles. The standard InChI is InChI=1S/C7H5F2N3.ClH/c8-3-1-4(9)6-7(5(3)10)12-2-11-6;/h1-2H,10H2,(H,11,12);1H. The number of aromatic nitrogens is 2. The summed E-state index contributed by atoms with van der Waals surface area (Å²) < 4.78 is 25.7. The molecule has 13 heavy (non-hydrogen) atoms. The number of halogens is 3. The van der Waals surface area contributed by atoms with E-state index in [0.717, 1.165) is 6.07 Å². The first kappa shape index (κ1) is 9.73. The lowest BCUT2D eigenvalue weighted by atomic mass is 10.2. The monoisotopic (exact) mass is 205 g/mol. The minimum absolute atomic E-state index is 0. The average molecular weight is 206 g/mol. The van der Waals surface area contributed by atoms with E-state index in [4.69, 9.17) is 5.73 Å². The van der Waals surface area contributed by atoms with Gasteiger partial charge in [0, 0.05) is 6.07 Å². The van der Waals surface area contributed by atoms with Gasteiger partial charge in [-0.2, -0.15) is 0 Å². The smallest absolute Gasteiger partial charge is 0.154 e. The summed E-state index contributed by atoms with van der Waals surface area (Å²) in [6, 6.07) is 0.721. The number of anilines is 1. The van der Waals surface area contributed by atoms with Gasteiger partial charge in [0.15, 0.2) is 11.6 Å². The lowest BCUT2D eigenvalue weighted by Crippen LogP contribution is -1.93. The summed E-state index contributed by atoms with van der Waals surface area (Å²) in [6.07, 6.45) is 1.27. The van der Waals surface area contributed by atoms with Crippen LogP contribution in [0.1, 0.15) is 0 Å². The van der Waals surface area contributed by atoms with E-state index in [0.29, 0.717) is 0 Å². The summed E-state index contributed by atoms with van der Waals surface area (Å²) >= 11 is 0. The fourth-order valence-electron chi connectivity index (χ4n) is 1.06. The molecule has 0 bridgehead atoms. The Morgan fingerprint density at radius 2 is 2.00 bits per heavy atom. The van der Waals surface area contributed by atoms with Crippen LogP contribution in [0, 0.1) is 11.6 Å². The van der Waals surface area contributed by atoms with Crippen LogP contribution in [0.25, 0.3) is 11.0 Å². The third kappa shape index (κ3) is 1.31. The zero-order valence-electron chi connectivity index (χ0n) is 6.34. The van der Waals surface area contributed by atoms with Crippen LogP contribution in [0.4, 0.5) is 14.5 Å². The van der Waals surface area contributed by atoms with Gasteiger partial charge in [-0.15, -0.1) is 12.4 Å². The number of nitrogen functional groups attached to an aromatic ring is 1. The predicted molar refractivity (Wildman–Crippen MR) is 47.7 cm³/mol. The molecule has 0 aliphatic rings. The van der Waals surface area contributed by atoms with E-state index in [1.807, 2.05) is 0 Å². The van der Waals surface area contributed by atoms with Gasteiger partial charge in [-0.05, 0) is 0 Å². The molecule has 2 aromatic rings. The van der Waals surface area contributed by atoms with Crippen molar-refractivity contribution in [3.05, 3.63) is 24.0 Å². The van der Waals surface area contributed by atoms with Crippen LogP contribution >= 0.6 is 12.4 Å². The molecular weight excluding hydrogens is 200 g/mol. The van der Waals surface area contributed by atoms with E-state index < -0.39 is 11.6 Å². The van der Waals surface area contributed by atoms with E-state index in [1.165, 1.54) is 6.33 Å². The molecule has 6 heteroatoms. The molecule has 0 unspecified atom stereocenters. The number of rotatable bonds is 0. The molecule has 0 radical (unpaired) electrons. The van der Waals surface area contributed by atoms with Gasteiger partial charge < -0.3 is 10.7 Å². The van der Waals surface area contributed by atoms with E-state index in [2.05, 4.69) is 9.97 Å². The van der Waals surface area contributed by atoms with Crippen molar-refractivity contribution < 1.29 is 8.78 Å². The first-order chi connectivity index (χ1) is 5.70. The Morgan fingerprint density at radius 1 is 1.31 bits per heavy atom. The Bertz CT molecular complexity index is 440. The number of nitrogens with two attached hydrogens (primary N) is 1. The highest BCUT2D eigenvalue weighted by molar-refractivity contribution is 5.87. The number of fused-ring (bicyclic) bond motifs is 1. The third-order valence-corrected chi connectivity index (χ3v) is 1.65. The molecule has 1 heterocycles. The third-order valence-electron chi connectivity index (χ3n) is 1.65. The normalized spacial score (nSPS) is 10.0. The molecule has 0 saturated carbocycles. The van der Waals surface area contributed by atoms with Gasteiger partial charge in [0.2, 0.25) is 0 Å². The number of aromatic amines is 1. The molecule has 0 amide bonds. The number of hydrogen-bond acceptors (Lipinski definition) is 2. The molecule has 2 rings (SSSR count). The van der Waals surface area contributed by atoms with Crippen molar-refractivity contribution in [1.29, 1.82) is 0 Å². The lowest BCUT2D eigenvalue weighted by molar-refractivity contribution is 0.593. The second-order valence-corrected chi connectivity index (χ2v) is 2.38. The Hall–Kier alpha value is -1.36. The van der Waals surface area contributed by atoms with E-state index in [-0.39, 0.29) is 29.1 Å². The first-order valence-electron chi connectivity index (χ1n) is 3.26. The molecule has 70 valence electrons. The van der Waals surface area contributed by atoms with Crippen LogP contribution in [-0.2, 0) is 0 Å². The first-order valence-corrected chi connectivity index (χ1v) is 3.26. The Balaban J connectivity index is 0.000000845. The second kappa shape index (κ2) is 3.18. The highest BCUT2D eigenvalue weighted by atomic mass is 35.5. The minimum Gasteiger partial charge on any atom is -0.395 e. The number of nitrogens with one attached hydrogen (secondary N) is 1. The highest BCUT2D eigenvalue weighted by Crippen LogP contribution is 2.22. The fraction of sp³-hybridized carbons (Fsp3) is 0. The quantitative estimate of drug-likeness (QED) is 0.645. The van der Waals surface area contributed by atoms with Crippen LogP contribution in [0.15, 0.2) is 12.4 Å². The van der Waals surface area contributed by atoms with Crippen molar-refractivity contribution in [1.82, 2.24) is 9.97 Å². The maximum atomic E-state index is 12.9. The molecule has 0 saturated heterocycles. The van der Waals surface area contributed by atoms with Crippen LogP contribution < -0.4 is 5.73 Å². The molecule has 3 nitrogen and oxygen atoms in total. The highest BCUT2D eigenvalue weighted by Gasteiger charge is 2.10. The number of hydrogen-bond donors (Lipinski definition) is 2. The molecule has 0 aliphatic carbocycles. The van der Waals surface area contributed by atoms with Gasteiger partial charge in [-0.3, -0.25) is 0 Å².